The number of hydrogen-bond acceptors (Lipinski definition) is 14. The summed E-state index contributed by atoms with van der Waals surface area (Å²) in [6.07, 6.45) is -0.895. The molecule has 1 saturated heterocycles. The first kappa shape index (κ1) is 62.8. The molecule has 0 radical (unpaired) electrons. The molecule has 0 saturated carbocycles. The van der Waals surface area contributed by atoms with Crippen molar-refractivity contribution in [1.29, 1.82) is 0 Å². The molecule has 8 amide bonds. The molecule has 22 nitrogen and oxygen atoms in total. The molecular formula is C55H74N10O12S2. The SMILES string of the molecule is Cc1ccc(CC2NC(=O)C(NC(=O)C(Cc3ccccc3)NC(=O)CC(C)C)CSSCC(C(=O)NC(C(=O)O)C(C)O)NC(=O)C(C(C)O)NC(=O)C(CCCCN)NC(=O)C(Cc3c[nH]c4ccccc34)NC2=O)cc1. The number of aryl methyl sites for hydroxylation is 1. The van der Waals surface area contributed by atoms with Crippen molar-refractivity contribution in [3.8, 4) is 0 Å². The van der Waals surface area contributed by atoms with Gasteiger partial charge in [-0.3, -0.25) is 38.4 Å². The van der Waals surface area contributed by atoms with E-state index < -0.39 is 114 Å². The van der Waals surface area contributed by atoms with Gasteiger partial charge in [0.05, 0.1) is 12.2 Å². The maximum absolute atomic E-state index is 15.0. The quantitative estimate of drug-likeness (QED) is 0.0430. The highest BCUT2D eigenvalue weighted by Crippen LogP contribution is 2.25. The minimum atomic E-state index is -1.83. The zero-order valence-electron chi connectivity index (χ0n) is 44.9. The van der Waals surface area contributed by atoms with Crippen molar-refractivity contribution < 1.29 is 58.5 Å². The first-order valence-electron chi connectivity index (χ1n) is 26.2. The second-order valence-corrected chi connectivity index (χ2v) is 22.7. The Hall–Kier alpha value is -6.99. The number of aliphatic hydroxyl groups excluding tert-OH is 2. The van der Waals surface area contributed by atoms with E-state index in [0.717, 1.165) is 45.0 Å². The van der Waals surface area contributed by atoms with Gasteiger partial charge in [-0.25, -0.2) is 4.79 Å². The van der Waals surface area contributed by atoms with Gasteiger partial charge in [0.15, 0.2) is 6.04 Å². The topological polar surface area (TPSA) is 352 Å². The Balaban J connectivity index is 1.62. The number of nitrogens with one attached hydrogen (secondary N) is 9. The van der Waals surface area contributed by atoms with Crippen molar-refractivity contribution in [2.24, 2.45) is 11.7 Å². The van der Waals surface area contributed by atoms with Gasteiger partial charge in [0, 0.05) is 54.3 Å². The van der Waals surface area contributed by atoms with Crippen molar-refractivity contribution in [2.45, 2.75) is 140 Å². The number of amides is 8. The normalized spacial score (nSPS) is 21.7. The van der Waals surface area contributed by atoms with Crippen LogP contribution in [0.1, 0.15) is 75.6 Å². The van der Waals surface area contributed by atoms with Gasteiger partial charge in [-0.05, 0) is 75.3 Å². The maximum Gasteiger partial charge on any atom is 0.328 e. The zero-order valence-corrected chi connectivity index (χ0v) is 46.5. The van der Waals surface area contributed by atoms with Gasteiger partial charge < -0.3 is 68.6 Å². The Morgan fingerprint density at radius 1 is 0.696 bits per heavy atom. The molecular weight excluding hydrogens is 1060 g/mol. The monoisotopic (exact) mass is 1130 g/mol. The number of carboxylic acid groups (broad SMARTS) is 1. The fraction of sp³-hybridized carbons (Fsp3) is 0.473. The van der Waals surface area contributed by atoms with E-state index in [4.69, 9.17) is 5.73 Å². The van der Waals surface area contributed by atoms with E-state index in [2.05, 4.69) is 47.5 Å². The Bertz CT molecular complexity index is 2730. The van der Waals surface area contributed by atoms with E-state index in [1.54, 1.807) is 54.7 Å². The third kappa shape index (κ3) is 19.7. The van der Waals surface area contributed by atoms with E-state index in [1.807, 2.05) is 51.1 Å². The lowest BCUT2D eigenvalue weighted by Crippen LogP contribution is -2.62. The molecule has 4 aromatic rings. The number of aliphatic carboxylic acids is 1. The predicted octanol–water partition coefficient (Wildman–Crippen LogP) is 0.799. The molecule has 0 spiro atoms. The van der Waals surface area contributed by atoms with Gasteiger partial charge >= 0.3 is 5.97 Å². The fourth-order valence-corrected chi connectivity index (χ4v) is 10.9. The summed E-state index contributed by atoms with van der Waals surface area (Å²) in [6, 6.07) is 11.3. The summed E-state index contributed by atoms with van der Waals surface area (Å²) in [5, 5.41) is 52.9. The molecule has 428 valence electrons. The summed E-state index contributed by atoms with van der Waals surface area (Å²) in [4.78, 5) is 130. The van der Waals surface area contributed by atoms with Gasteiger partial charge in [0.1, 0.15) is 42.3 Å². The van der Waals surface area contributed by atoms with Crippen LogP contribution in [0.3, 0.4) is 0 Å². The number of rotatable bonds is 20. The van der Waals surface area contributed by atoms with Crippen LogP contribution in [0, 0.1) is 12.8 Å². The molecule has 10 unspecified atom stereocenters. The number of unbranched alkanes of at least 4 members (excludes halogenated alkanes) is 1. The van der Waals surface area contributed by atoms with Gasteiger partial charge in [-0.15, -0.1) is 0 Å². The largest absolute Gasteiger partial charge is 0.480 e. The number of carbonyl (C=O) groups excluding carboxylic acids is 8. The molecule has 3 aromatic carbocycles. The number of carboxylic acids is 1. The summed E-state index contributed by atoms with van der Waals surface area (Å²) in [5.74, 6) is -8.99. The molecule has 5 rings (SSSR count). The van der Waals surface area contributed by atoms with E-state index in [9.17, 15) is 58.5 Å². The number of para-hydroxylation sites is 1. The van der Waals surface area contributed by atoms with E-state index in [1.165, 1.54) is 6.92 Å². The maximum atomic E-state index is 15.0. The number of benzene rings is 3. The number of nitrogens with two attached hydrogens (primary N) is 1. The molecule has 0 aliphatic carbocycles. The fourth-order valence-electron chi connectivity index (χ4n) is 8.59. The van der Waals surface area contributed by atoms with Crippen LogP contribution in [0.15, 0.2) is 85.1 Å². The number of aliphatic hydroxyl groups is 2. The van der Waals surface area contributed by atoms with E-state index in [-0.39, 0.29) is 56.1 Å². The highest BCUT2D eigenvalue weighted by Gasteiger charge is 2.37. The highest BCUT2D eigenvalue weighted by atomic mass is 33.1. The van der Waals surface area contributed by atoms with E-state index in [0.29, 0.717) is 29.5 Å². The standard InChI is InChI=1S/C55H74N10O12S2/c1-30(2)23-45(68)58-40(24-34-13-7-6-8-14-34)49(70)62-43-28-78-79-29-44(53(74)65-47(33(5)67)55(76)77)63-54(75)46(32(4)66)64-48(69)39(17-11-12-22-56)59-51(72)42(26-36-27-57-38-16-10-9-15-37(36)38)61-50(71)41(60-52(43)73)25-35-20-18-31(3)19-21-35/h6-10,13-16,18-21,27,30,32-33,39-44,46-47,57,66-67H,11-12,17,22-26,28-29,56H2,1-5H3,(H,58,68)(H,59,72)(H,60,73)(H,61,71)(H,62,70)(H,63,75)(H,64,69)(H,65,74)(H,76,77). The number of H-pyrrole nitrogens is 1. The molecule has 10 atom stereocenters. The molecule has 1 aliphatic rings. The van der Waals surface area contributed by atoms with Crippen molar-refractivity contribution in [3.05, 3.63) is 107 Å². The molecule has 1 aliphatic heterocycles. The molecule has 79 heavy (non-hydrogen) atoms. The first-order valence-corrected chi connectivity index (χ1v) is 28.7. The summed E-state index contributed by atoms with van der Waals surface area (Å²) in [7, 11) is 1.87. The van der Waals surface area contributed by atoms with Crippen LogP contribution in [0.2, 0.25) is 0 Å². The minimum Gasteiger partial charge on any atom is -0.480 e. The van der Waals surface area contributed by atoms with Crippen LogP contribution >= 0.6 is 21.6 Å². The zero-order chi connectivity index (χ0) is 57.8. The Kier molecular flexibility index (Phi) is 24.6. The van der Waals surface area contributed by atoms with Crippen molar-refractivity contribution in [1.82, 2.24) is 47.5 Å². The van der Waals surface area contributed by atoms with Gasteiger partial charge in [-0.1, -0.05) is 114 Å². The number of carbonyl (C=O) groups is 9. The molecule has 2 heterocycles. The molecule has 14 N–H and O–H groups in total. The van der Waals surface area contributed by atoms with Crippen molar-refractivity contribution >= 4 is 85.7 Å². The highest BCUT2D eigenvalue weighted by molar-refractivity contribution is 8.76. The van der Waals surface area contributed by atoms with Gasteiger partial charge in [0.25, 0.3) is 0 Å². The lowest BCUT2D eigenvalue weighted by molar-refractivity contribution is -0.145. The smallest absolute Gasteiger partial charge is 0.328 e. The predicted molar refractivity (Wildman–Crippen MR) is 301 cm³/mol. The second-order valence-electron chi connectivity index (χ2n) is 20.1. The van der Waals surface area contributed by atoms with Crippen molar-refractivity contribution in [2.75, 3.05) is 18.1 Å². The molecule has 1 fully saturated rings. The number of aromatic amines is 1. The van der Waals surface area contributed by atoms with Gasteiger partial charge in [-0.2, -0.15) is 0 Å². The Labute approximate surface area is 466 Å². The summed E-state index contributed by atoms with van der Waals surface area (Å²) in [6.45, 7) is 8.15. The van der Waals surface area contributed by atoms with E-state index >= 15 is 0 Å². The second kappa shape index (κ2) is 31.0. The van der Waals surface area contributed by atoms with Crippen LogP contribution < -0.4 is 48.3 Å². The van der Waals surface area contributed by atoms with Crippen molar-refractivity contribution in [3.63, 3.8) is 0 Å². The first-order chi connectivity index (χ1) is 37.6. The van der Waals surface area contributed by atoms with Crippen LogP contribution in [0.5, 0.6) is 0 Å². The van der Waals surface area contributed by atoms with Crippen LogP contribution in [-0.2, 0) is 62.4 Å². The minimum absolute atomic E-state index is 0.0156. The number of fused-ring (bicyclic) bond motifs is 1. The molecule has 1 aromatic heterocycles. The Morgan fingerprint density at radius 3 is 1.96 bits per heavy atom. The molecule has 24 heteroatoms. The average molecular weight is 1130 g/mol. The number of hydrogen-bond donors (Lipinski definition) is 13. The Morgan fingerprint density at radius 2 is 1.32 bits per heavy atom. The summed E-state index contributed by atoms with van der Waals surface area (Å²) < 4.78 is 0. The third-order valence-electron chi connectivity index (χ3n) is 13.0. The summed E-state index contributed by atoms with van der Waals surface area (Å²) >= 11 is 0. The lowest BCUT2D eigenvalue weighted by atomic mass is 10.0. The average Bonchev–Trinajstić information content (AvgIpc) is 3.87. The molecule has 0 bridgehead atoms. The van der Waals surface area contributed by atoms with Gasteiger partial charge in [0.2, 0.25) is 47.3 Å². The van der Waals surface area contributed by atoms with Crippen LogP contribution in [0.4, 0.5) is 0 Å². The number of aromatic nitrogens is 1. The lowest BCUT2D eigenvalue weighted by Gasteiger charge is -2.29. The summed E-state index contributed by atoms with van der Waals surface area (Å²) in [5.41, 5.74) is 9.40. The third-order valence-corrected chi connectivity index (χ3v) is 15.4. The van der Waals surface area contributed by atoms with Crippen LogP contribution in [-0.4, -0.2) is 152 Å². The van der Waals surface area contributed by atoms with Crippen LogP contribution in [0.25, 0.3) is 10.9 Å².